The van der Waals surface area contributed by atoms with Gasteiger partial charge in [-0.05, 0) is 32.1 Å². The molecule has 186 valence electrons. The largest absolute Gasteiger partial charge is 0.481 e. The molecule has 0 aromatic rings. The van der Waals surface area contributed by atoms with E-state index in [2.05, 4.69) is 32.2 Å². The molecule has 0 radical (unpaired) electrons. The Morgan fingerprint density at radius 1 is 0.677 bits per heavy atom. The quantitative estimate of drug-likeness (QED) is 0.143. The SMILES string of the molecule is C=C.CCCCCCCC/C=C\CCCCCCCC(=O)O.OCC(CO)(CO)CO. The Kier molecular flexibility index (Phi) is 32.0. The van der Waals surface area contributed by atoms with E-state index in [-0.39, 0.29) is 0 Å². The van der Waals surface area contributed by atoms with Crippen LogP contribution in [0.15, 0.2) is 25.3 Å². The number of allylic oxidation sites excluding steroid dienone is 2. The van der Waals surface area contributed by atoms with E-state index < -0.39 is 37.8 Å². The van der Waals surface area contributed by atoms with E-state index in [0.717, 1.165) is 12.8 Å². The van der Waals surface area contributed by atoms with Crippen molar-refractivity contribution in [1.82, 2.24) is 0 Å². The molecule has 0 spiro atoms. The van der Waals surface area contributed by atoms with Crippen LogP contribution in [0, 0.1) is 5.41 Å². The smallest absolute Gasteiger partial charge is 0.303 e. The van der Waals surface area contributed by atoms with Crippen LogP contribution in [0.3, 0.4) is 0 Å². The first-order chi connectivity index (χ1) is 15.0. The third-order valence-electron chi connectivity index (χ3n) is 4.99. The highest BCUT2D eigenvalue weighted by molar-refractivity contribution is 5.66. The van der Waals surface area contributed by atoms with Crippen molar-refractivity contribution in [3.63, 3.8) is 0 Å². The van der Waals surface area contributed by atoms with E-state index in [1.165, 1.54) is 70.6 Å². The van der Waals surface area contributed by atoms with E-state index in [1.54, 1.807) is 0 Å². The summed E-state index contributed by atoms with van der Waals surface area (Å²) < 4.78 is 0. The van der Waals surface area contributed by atoms with Crippen LogP contribution in [0.2, 0.25) is 0 Å². The summed E-state index contributed by atoms with van der Waals surface area (Å²) in [6.07, 6.45) is 21.2. The highest BCUT2D eigenvalue weighted by atomic mass is 16.4. The number of unbranched alkanes of at least 4 members (excludes halogenated alkanes) is 11. The van der Waals surface area contributed by atoms with E-state index in [9.17, 15) is 4.79 Å². The zero-order valence-corrected chi connectivity index (χ0v) is 19.9. The monoisotopic (exact) mass is 446 g/mol. The van der Waals surface area contributed by atoms with Crippen LogP contribution < -0.4 is 0 Å². The molecule has 0 fully saturated rings. The van der Waals surface area contributed by atoms with Crippen LogP contribution >= 0.6 is 0 Å². The minimum atomic E-state index is -1.11. The lowest BCUT2D eigenvalue weighted by atomic mass is 9.93. The van der Waals surface area contributed by atoms with E-state index >= 15 is 0 Å². The number of aliphatic carboxylic acids is 1. The maximum atomic E-state index is 10.3. The fourth-order valence-electron chi connectivity index (χ4n) is 2.65. The molecule has 0 rings (SSSR count). The van der Waals surface area contributed by atoms with Crippen molar-refractivity contribution in [2.75, 3.05) is 26.4 Å². The lowest BCUT2D eigenvalue weighted by molar-refractivity contribution is -0.137. The van der Waals surface area contributed by atoms with E-state index in [4.69, 9.17) is 25.5 Å². The van der Waals surface area contributed by atoms with Crippen LogP contribution in [-0.4, -0.2) is 57.9 Å². The number of hydrogen-bond acceptors (Lipinski definition) is 5. The van der Waals surface area contributed by atoms with Gasteiger partial charge in [0.1, 0.15) is 0 Å². The molecular weight excluding hydrogens is 396 g/mol. The summed E-state index contributed by atoms with van der Waals surface area (Å²) in [6, 6.07) is 0. The van der Waals surface area contributed by atoms with Gasteiger partial charge < -0.3 is 25.5 Å². The number of carbonyl (C=O) groups is 1. The topological polar surface area (TPSA) is 118 Å². The summed E-state index contributed by atoms with van der Waals surface area (Å²) in [5.41, 5.74) is -1.11. The molecule has 0 aliphatic carbocycles. The van der Waals surface area contributed by atoms with Crippen LogP contribution in [0.1, 0.15) is 96.8 Å². The zero-order valence-electron chi connectivity index (χ0n) is 19.9. The summed E-state index contributed by atoms with van der Waals surface area (Å²) in [6.45, 7) is 6.63. The van der Waals surface area contributed by atoms with Gasteiger partial charge in [-0.2, -0.15) is 0 Å². The van der Waals surface area contributed by atoms with Gasteiger partial charge >= 0.3 is 5.97 Å². The lowest BCUT2D eigenvalue weighted by Crippen LogP contribution is -2.37. The predicted octanol–water partition coefficient (Wildman–Crippen LogP) is 4.85. The standard InChI is InChI=1S/C18H34O2.C5H12O4.C2H4/c1-2-3-4-5-6-7-8-9-10-11-12-13-14-15-16-17-18(19)20;6-1-5(2-7,3-8)4-9;1-2/h9-10H,2-8,11-17H2,1H3,(H,19,20);6-9H,1-4H2;1-2H2/b10-9-;;. The normalized spacial score (nSPS) is 10.9. The molecule has 6 heteroatoms. The molecule has 0 saturated carbocycles. The Morgan fingerprint density at radius 3 is 1.35 bits per heavy atom. The van der Waals surface area contributed by atoms with Gasteiger partial charge in [-0.25, -0.2) is 0 Å². The van der Waals surface area contributed by atoms with Crippen molar-refractivity contribution in [2.24, 2.45) is 5.41 Å². The Balaban J connectivity index is -0.000000595. The Hall–Kier alpha value is -1.21. The predicted molar refractivity (Wildman–Crippen MR) is 129 cm³/mol. The number of rotatable bonds is 19. The fourth-order valence-corrected chi connectivity index (χ4v) is 2.65. The highest BCUT2D eigenvalue weighted by Gasteiger charge is 2.26. The Labute approximate surface area is 190 Å². The average Bonchev–Trinajstić information content (AvgIpc) is 2.80. The first-order valence-corrected chi connectivity index (χ1v) is 11.8. The summed E-state index contributed by atoms with van der Waals surface area (Å²) in [4.78, 5) is 10.3. The van der Waals surface area contributed by atoms with Crippen molar-refractivity contribution in [1.29, 1.82) is 0 Å². The number of aliphatic hydroxyl groups is 4. The lowest BCUT2D eigenvalue weighted by Gasteiger charge is -2.23. The van der Waals surface area contributed by atoms with Gasteiger partial charge in [-0.1, -0.05) is 70.4 Å². The van der Waals surface area contributed by atoms with Crippen molar-refractivity contribution in [2.45, 2.75) is 96.8 Å². The molecule has 0 unspecified atom stereocenters. The molecule has 0 heterocycles. The molecule has 0 aliphatic heterocycles. The molecule has 0 amide bonds. The van der Waals surface area contributed by atoms with Crippen LogP contribution in [-0.2, 0) is 4.79 Å². The maximum Gasteiger partial charge on any atom is 0.303 e. The molecule has 0 aliphatic rings. The van der Waals surface area contributed by atoms with Crippen molar-refractivity contribution in [3.8, 4) is 0 Å². The molecule has 0 saturated heterocycles. The molecule has 0 bridgehead atoms. The van der Waals surface area contributed by atoms with E-state index in [1.807, 2.05) is 0 Å². The average molecular weight is 447 g/mol. The van der Waals surface area contributed by atoms with Gasteiger partial charge in [-0.3, -0.25) is 4.79 Å². The third-order valence-corrected chi connectivity index (χ3v) is 4.99. The Bertz CT molecular complexity index is 363. The molecular formula is C25H50O6. The molecule has 5 N–H and O–H groups in total. The van der Waals surface area contributed by atoms with Crippen LogP contribution in [0.4, 0.5) is 0 Å². The maximum absolute atomic E-state index is 10.3. The second-order valence-corrected chi connectivity index (χ2v) is 7.86. The minimum Gasteiger partial charge on any atom is -0.481 e. The van der Waals surface area contributed by atoms with Crippen molar-refractivity contribution < 1.29 is 30.3 Å². The van der Waals surface area contributed by atoms with Gasteiger partial charge in [0.15, 0.2) is 0 Å². The first kappa shape index (κ1) is 34.4. The molecule has 0 atom stereocenters. The summed E-state index contributed by atoms with van der Waals surface area (Å²) in [5.74, 6) is -0.664. The molecule has 31 heavy (non-hydrogen) atoms. The van der Waals surface area contributed by atoms with Gasteiger partial charge in [-0.15, -0.1) is 13.2 Å². The van der Waals surface area contributed by atoms with Crippen molar-refractivity contribution >= 4 is 5.97 Å². The summed E-state index contributed by atoms with van der Waals surface area (Å²) in [7, 11) is 0. The highest BCUT2D eigenvalue weighted by Crippen LogP contribution is 2.12. The van der Waals surface area contributed by atoms with Gasteiger partial charge in [0.25, 0.3) is 0 Å². The summed E-state index contributed by atoms with van der Waals surface area (Å²) in [5, 5.41) is 42.5. The molecule has 0 aromatic carbocycles. The zero-order chi connectivity index (χ0) is 24.2. The number of aliphatic hydroxyl groups excluding tert-OH is 4. The number of hydrogen-bond donors (Lipinski definition) is 5. The van der Waals surface area contributed by atoms with Crippen LogP contribution in [0.5, 0.6) is 0 Å². The Morgan fingerprint density at radius 2 is 1.03 bits per heavy atom. The van der Waals surface area contributed by atoms with E-state index in [0.29, 0.717) is 6.42 Å². The second-order valence-electron chi connectivity index (χ2n) is 7.86. The van der Waals surface area contributed by atoms with Crippen LogP contribution in [0.25, 0.3) is 0 Å². The van der Waals surface area contributed by atoms with Gasteiger partial charge in [0, 0.05) is 6.42 Å². The van der Waals surface area contributed by atoms with Gasteiger partial charge in [0.05, 0.1) is 31.8 Å². The third kappa shape index (κ3) is 26.8. The molecule has 6 nitrogen and oxygen atoms in total. The van der Waals surface area contributed by atoms with Gasteiger partial charge in [0.2, 0.25) is 0 Å². The fraction of sp³-hybridized carbons (Fsp3) is 0.800. The first-order valence-electron chi connectivity index (χ1n) is 11.8. The summed E-state index contributed by atoms with van der Waals surface area (Å²) >= 11 is 0. The molecule has 0 aromatic heterocycles. The van der Waals surface area contributed by atoms with Crippen molar-refractivity contribution in [3.05, 3.63) is 25.3 Å². The number of carboxylic acids is 1. The minimum absolute atomic E-state index is 0.332. The number of carboxylic acid groups (broad SMARTS) is 1. The second kappa shape index (κ2) is 28.8.